The predicted octanol–water partition coefficient (Wildman–Crippen LogP) is -0.477. The molecule has 1 saturated heterocycles. The molecule has 2 rings (SSSR count). The van der Waals surface area contributed by atoms with E-state index in [-0.39, 0.29) is 17.9 Å². The third-order valence-corrected chi connectivity index (χ3v) is 3.00. The van der Waals surface area contributed by atoms with E-state index in [2.05, 4.69) is 16.0 Å². The molecule has 2 aliphatic rings. The standard InChI is InChI=1S/C11H19N3O2/c15-10(7-13-8-4-5-8)14-9-3-1-2-6-12-11(9)16/h8-9,13H,1-7H2,(H,12,16)(H,14,15). The van der Waals surface area contributed by atoms with Crippen LogP contribution in [0.2, 0.25) is 0 Å². The summed E-state index contributed by atoms with van der Waals surface area (Å²) >= 11 is 0. The number of carbonyl (C=O) groups excluding carboxylic acids is 2. The number of hydrogen-bond donors (Lipinski definition) is 3. The fraction of sp³-hybridized carbons (Fsp3) is 0.818. The van der Waals surface area contributed by atoms with Gasteiger partial charge in [0, 0.05) is 12.6 Å². The maximum Gasteiger partial charge on any atom is 0.242 e. The Bertz CT molecular complexity index is 276. The van der Waals surface area contributed by atoms with Gasteiger partial charge < -0.3 is 16.0 Å². The van der Waals surface area contributed by atoms with Crippen molar-refractivity contribution >= 4 is 11.8 Å². The summed E-state index contributed by atoms with van der Waals surface area (Å²) in [4.78, 5) is 23.1. The van der Waals surface area contributed by atoms with Crippen molar-refractivity contribution in [1.82, 2.24) is 16.0 Å². The van der Waals surface area contributed by atoms with E-state index in [1.807, 2.05) is 0 Å². The van der Waals surface area contributed by atoms with Crippen molar-refractivity contribution in [2.24, 2.45) is 0 Å². The van der Waals surface area contributed by atoms with Gasteiger partial charge in [-0.25, -0.2) is 0 Å². The molecule has 0 aromatic rings. The lowest BCUT2D eigenvalue weighted by molar-refractivity contribution is -0.128. The van der Waals surface area contributed by atoms with Crippen molar-refractivity contribution in [3.8, 4) is 0 Å². The summed E-state index contributed by atoms with van der Waals surface area (Å²) in [6.45, 7) is 1.06. The molecule has 2 amide bonds. The summed E-state index contributed by atoms with van der Waals surface area (Å²) < 4.78 is 0. The van der Waals surface area contributed by atoms with Crippen molar-refractivity contribution < 1.29 is 9.59 Å². The highest BCUT2D eigenvalue weighted by Crippen LogP contribution is 2.17. The maximum atomic E-state index is 11.6. The molecular formula is C11H19N3O2. The molecule has 1 saturated carbocycles. The Hall–Kier alpha value is -1.10. The van der Waals surface area contributed by atoms with E-state index in [0.717, 1.165) is 38.6 Å². The minimum absolute atomic E-state index is 0.0442. The highest BCUT2D eigenvalue weighted by Gasteiger charge is 2.24. The molecule has 3 N–H and O–H groups in total. The van der Waals surface area contributed by atoms with Gasteiger partial charge in [0.1, 0.15) is 6.04 Å². The lowest BCUT2D eigenvalue weighted by Crippen LogP contribution is -2.48. The lowest BCUT2D eigenvalue weighted by atomic mass is 10.1. The molecule has 2 fully saturated rings. The monoisotopic (exact) mass is 225 g/mol. The van der Waals surface area contributed by atoms with Crippen molar-refractivity contribution in [3.05, 3.63) is 0 Å². The largest absolute Gasteiger partial charge is 0.354 e. The van der Waals surface area contributed by atoms with Gasteiger partial charge in [0.25, 0.3) is 0 Å². The molecule has 5 heteroatoms. The molecule has 0 radical (unpaired) electrons. The van der Waals surface area contributed by atoms with E-state index < -0.39 is 0 Å². The van der Waals surface area contributed by atoms with Gasteiger partial charge in [-0.1, -0.05) is 0 Å². The van der Waals surface area contributed by atoms with Crippen LogP contribution in [0.15, 0.2) is 0 Å². The predicted molar refractivity (Wildman–Crippen MR) is 59.8 cm³/mol. The van der Waals surface area contributed by atoms with E-state index in [1.165, 1.54) is 0 Å². The first kappa shape index (κ1) is 11.4. The van der Waals surface area contributed by atoms with E-state index in [9.17, 15) is 9.59 Å². The second-order valence-corrected chi connectivity index (χ2v) is 4.56. The number of carbonyl (C=O) groups is 2. The third-order valence-electron chi connectivity index (χ3n) is 3.00. The summed E-state index contributed by atoms with van der Waals surface area (Å²) in [6.07, 6.45) is 5.06. The Morgan fingerprint density at radius 1 is 1.31 bits per heavy atom. The molecule has 0 aromatic carbocycles. The maximum absolute atomic E-state index is 11.6. The van der Waals surface area contributed by atoms with Gasteiger partial charge >= 0.3 is 0 Å². The Morgan fingerprint density at radius 3 is 2.88 bits per heavy atom. The van der Waals surface area contributed by atoms with Crippen LogP contribution in [-0.2, 0) is 9.59 Å². The van der Waals surface area contributed by atoms with Crippen LogP contribution in [-0.4, -0.2) is 37.0 Å². The smallest absolute Gasteiger partial charge is 0.242 e. The Labute approximate surface area is 95.3 Å². The van der Waals surface area contributed by atoms with Crippen LogP contribution >= 0.6 is 0 Å². The number of nitrogens with one attached hydrogen (secondary N) is 3. The second kappa shape index (κ2) is 5.30. The molecule has 1 heterocycles. The topological polar surface area (TPSA) is 70.2 Å². The van der Waals surface area contributed by atoms with Crippen LogP contribution < -0.4 is 16.0 Å². The molecule has 0 aromatic heterocycles. The van der Waals surface area contributed by atoms with Crippen LogP contribution in [0.1, 0.15) is 32.1 Å². The Morgan fingerprint density at radius 2 is 2.12 bits per heavy atom. The first-order valence-electron chi connectivity index (χ1n) is 6.06. The molecule has 0 spiro atoms. The van der Waals surface area contributed by atoms with Crippen LogP contribution in [0.3, 0.4) is 0 Å². The third kappa shape index (κ3) is 3.48. The quantitative estimate of drug-likeness (QED) is 0.605. The van der Waals surface area contributed by atoms with Crippen LogP contribution in [0, 0.1) is 0 Å². The van der Waals surface area contributed by atoms with Crippen LogP contribution in [0.4, 0.5) is 0 Å². The summed E-state index contributed by atoms with van der Waals surface area (Å²) in [5.74, 6) is -0.119. The van der Waals surface area contributed by atoms with Crippen LogP contribution in [0.5, 0.6) is 0 Å². The van der Waals surface area contributed by atoms with E-state index in [4.69, 9.17) is 0 Å². The summed E-state index contributed by atoms with van der Waals surface area (Å²) in [5.41, 5.74) is 0. The summed E-state index contributed by atoms with van der Waals surface area (Å²) in [7, 11) is 0. The van der Waals surface area contributed by atoms with Crippen molar-refractivity contribution in [3.63, 3.8) is 0 Å². The first-order chi connectivity index (χ1) is 7.75. The molecule has 90 valence electrons. The van der Waals surface area contributed by atoms with E-state index >= 15 is 0 Å². The zero-order chi connectivity index (χ0) is 11.4. The highest BCUT2D eigenvalue weighted by atomic mass is 16.2. The highest BCUT2D eigenvalue weighted by molar-refractivity contribution is 5.88. The SMILES string of the molecule is O=C(CNC1CC1)NC1CCCCNC1=O. The average molecular weight is 225 g/mol. The van der Waals surface area contributed by atoms with Gasteiger partial charge in [-0.2, -0.15) is 0 Å². The van der Waals surface area contributed by atoms with Gasteiger partial charge in [0.2, 0.25) is 11.8 Å². The van der Waals surface area contributed by atoms with E-state index in [0.29, 0.717) is 12.6 Å². The average Bonchev–Trinajstić information content (AvgIpc) is 3.07. The van der Waals surface area contributed by atoms with Crippen LogP contribution in [0.25, 0.3) is 0 Å². The van der Waals surface area contributed by atoms with Gasteiger partial charge in [-0.05, 0) is 32.1 Å². The van der Waals surface area contributed by atoms with Gasteiger partial charge in [0.15, 0.2) is 0 Å². The second-order valence-electron chi connectivity index (χ2n) is 4.56. The van der Waals surface area contributed by atoms with Gasteiger partial charge in [-0.3, -0.25) is 9.59 Å². The van der Waals surface area contributed by atoms with Gasteiger partial charge in [-0.15, -0.1) is 0 Å². The van der Waals surface area contributed by atoms with Crippen molar-refractivity contribution in [1.29, 1.82) is 0 Å². The fourth-order valence-electron chi connectivity index (χ4n) is 1.85. The number of amides is 2. The van der Waals surface area contributed by atoms with E-state index in [1.54, 1.807) is 0 Å². The summed E-state index contributed by atoms with van der Waals surface area (Å²) in [5, 5.41) is 8.71. The zero-order valence-electron chi connectivity index (χ0n) is 9.42. The fourth-order valence-corrected chi connectivity index (χ4v) is 1.85. The minimum Gasteiger partial charge on any atom is -0.354 e. The lowest BCUT2D eigenvalue weighted by Gasteiger charge is -2.15. The summed E-state index contributed by atoms with van der Waals surface area (Å²) in [6, 6.07) is 0.185. The molecule has 5 nitrogen and oxygen atoms in total. The molecule has 1 atom stereocenters. The molecule has 1 unspecified atom stereocenters. The first-order valence-corrected chi connectivity index (χ1v) is 6.06. The molecule has 16 heavy (non-hydrogen) atoms. The zero-order valence-corrected chi connectivity index (χ0v) is 9.42. The number of rotatable bonds is 4. The molecule has 0 bridgehead atoms. The van der Waals surface area contributed by atoms with Gasteiger partial charge in [0.05, 0.1) is 6.54 Å². The molecular weight excluding hydrogens is 206 g/mol. The molecule has 1 aliphatic heterocycles. The Balaban J connectivity index is 1.72. The van der Waals surface area contributed by atoms with Crippen molar-refractivity contribution in [2.45, 2.75) is 44.2 Å². The molecule has 1 aliphatic carbocycles. The minimum atomic E-state index is -0.337. The normalized spacial score (nSPS) is 25.8. The van der Waals surface area contributed by atoms with Crippen molar-refractivity contribution in [2.75, 3.05) is 13.1 Å². The number of hydrogen-bond acceptors (Lipinski definition) is 3. The Kier molecular flexibility index (Phi) is 3.77.